The SMILES string of the molecule is C=CCN(CCC)Cc1cc(CNCCC)sc1C. The zero-order chi connectivity index (χ0) is 14.1. The Morgan fingerprint density at radius 2 is 2.16 bits per heavy atom. The normalized spacial score (nSPS) is 11.2. The summed E-state index contributed by atoms with van der Waals surface area (Å²) in [6.07, 6.45) is 4.39. The van der Waals surface area contributed by atoms with Crippen LogP contribution in [0, 0.1) is 6.92 Å². The number of rotatable bonds is 10. The van der Waals surface area contributed by atoms with E-state index in [1.54, 1.807) is 0 Å². The first-order chi connectivity index (χ1) is 9.21. The fourth-order valence-corrected chi connectivity index (χ4v) is 3.22. The van der Waals surface area contributed by atoms with Crippen LogP contribution in [0.5, 0.6) is 0 Å². The van der Waals surface area contributed by atoms with E-state index in [2.05, 4.69) is 43.6 Å². The molecule has 1 rings (SSSR count). The molecule has 19 heavy (non-hydrogen) atoms. The molecule has 0 bridgehead atoms. The van der Waals surface area contributed by atoms with Crippen molar-refractivity contribution in [2.75, 3.05) is 19.6 Å². The first-order valence-corrected chi connectivity index (χ1v) is 8.15. The van der Waals surface area contributed by atoms with E-state index in [1.165, 1.54) is 28.2 Å². The highest BCUT2D eigenvalue weighted by molar-refractivity contribution is 7.12. The second kappa shape index (κ2) is 9.29. The van der Waals surface area contributed by atoms with Gasteiger partial charge in [0, 0.05) is 29.4 Å². The summed E-state index contributed by atoms with van der Waals surface area (Å²) in [7, 11) is 0. The Hall–Kier alpha value is -0.640. The lowest BCUT2D eigenvalue weighted by molar-refractivity contribution is 0.295. The monoisotopic (exact) mass is 280 g/mol. The van der Waals surface area contributed by atoms with Gasteiger partial charge in [0.15, 0.2) is 0 Å². The minimum Gasteiger partial charge on any atom is -0.312 e. The molecule has 1 aromatic rings. The molecular weight excluding hydrogens is 252 g/mol. The Labute approximate surface area is 122 Å². The highest BCUT2D eigenvalue weighted by Gasteiger charge is 2.09. The molecule has 0 amide bonds. The van der Waals surface area contributed by atoms with Gasteiger partial charge in [-0.2, -0.15) is 0 Å². The van der Waals surface area contributed by atoms with Crippen molar-refractivity contribution in [2.24, 2.45) is 0 Å². The van der Waals surface area contributed by atoms with Gasteiger partial charge in [0.2, 0.25) is 0 Å². The molecule has 0 aromatic carbocycles. The third kappa shape index (κ3) is 5.89. The lowest BCUT2D eigenvalue weighted by Crippen LogP contribution is -2.24. The van der Waals surface area contributed by atoms with Gasteiger partial charge in [-0.25, -0.2) is 0 Å². The van der Waals surface area contributed by atoms with Crippen LogP contribution in [0.2, 0.25) is 0 Å². The quantitative estimate of drug-likeness (QED) is 0.515. The minimum atomic E-state index is 0.979. The van der Waals surface area contributed by atoms with Crippen molar-refractivity contribution in [2.45, 2.75) is 46.7 Å². The average molecular weight is 280 g/mol. The van der Waals surface area contributed by atoms with Crippen molar-refractivity contribution in [1.29, 1.82) is 0 Å². The van der Waals surface area contributed by atoms with E-state index < -0.39 is 0 Å². The van der Waals surface area contributed by atoms with Crippen LogP contribution in [0.1, 0.15) is 42.0 Å². The number of aryl methyl sites for hydroxylation is 1. The molecule has 0 saturated heterocycles. The number of nitrogens with zero attached hydrogens (tertiary/aromatic N) is 1. The van der Waals surface area contributed by atoms with E-state index in [0.29, 0.717) is 0 Å². The van der Waals surface area contributed by atoms with E-state index >= 15 is 0 Å². The van der Waals surface area contributed by atoms with Crippen LogP contribution in [0.25, 0.3) is 0 Å². The summed E-state index contributed by atoms with van der Waals surface area (Å²) in [6, 6.07) is 2.37. The number of hydrogen-bond donors (Lipinski definition) is 1. The molecule has 0 atom stereocenters. The molecule has 1 aromatic heterocycles. The average Bonchev–Trinajstić information content (AvgIpc) is 2.71. The van der Waals surface area contributed by atoms with Crippen LogP contribution in [0.4, 0.5) is 0 Å². The predicted molar refractivity (Wildman–Crippen MR) is 86.8 cm³/mol. The van der Waals surface area contributed by atoms with E-state index in [4.69, 9.17) is 0 Å². The lowest BCUT2D eigenvalue weighted by atomic mass is 10.2. The molecule has 0 radical (unpaired) electrons. The lowest BCUT2D eigenvalue weighted by Gasteiger charge is -2.19. The number of nitrogens with one attached hydrogen (secondary N) is 1. The zero-order valence-corrected chi connectivity index (χ0v) is 13.5. The van der Waals surface area contributed by atoms with Crippen molar-refractivity contribution in [3.05, 3.63) is 34.0 Å². The third-order valence-corrected chi connectivity index (χ3v) is 4.21. The smallest absolute Gasteiger partial charge is 0.0299 e. The number of hydrogen-bond acceptors (Lipinski definition) is 3. The standard InChI is InChI=1S/C16H28N2S/c1-5-8-17-12-16-11-15(14(4)19-16)13-18(9-6-2)10-7-3/h6,11,17H,2,5,7-10,12-13H2,1,3-4H3. The maximum Gasteiger partial charge on any atom is 0.0299 e. The summed E-state index contributed by atoms with van der Waals surface area (Å²) in [5.74, 6) is 0. The van der Waals surface area contributed by atoms with Crippen LogP contribution >= 0.6 is 11.3 Å². The summed E-state index contributed by atoms with van der Waals surface area (Å²) in [4.78, 5) is 5.38. The molecule has 108 valence electrons. The van der Waals surface area contributed by atoms with Crippen molar-refractivity contribution in [1.82, 2.24) is 10.2 Å². The molecule has 2 nitrogen and oxygen atoms in total. The van der Waals surface area contributed by atoms with Gasteiger partial charge in [-0.3, -0.25) is 4.90 Å². The Balaban J connectivity index is 2.58. The van der Waals surface area contributed by atoms with Crippen molar-refractivity contribution in [3.63, 3.8) is 0 Å². The molecule has 0 aliphatic heterocycles. The predicted octanol–water partition coefficient (Wildman–Crippen LogP) is 3.95. The van der Waals surface area contributed by atoms with Crippen LogP contribution in [0.15, 0.2) is 18.7 Å². The van der Waals surface area contributed by atoms with Gasteiger partial charge in [-0.15, -0.1) is 17.9 Å². The van der Waals surface area contributed by atoms with Crippen molar-refractivity contribution < 1.29 is 0 Å². The fourth-order valence-electron chi connectivity index (χ4n) is 2.19. The van der Waals surface area contributed by atoms with E-state index in [-0.39, 0.29) is 0 Å². The van der Waals surface area contributed by atoms with Gasteiger partial charge in [-0.05, 0) is 44.5 Å². The molecule has 1 N–H and O–H groups in total. The summed E-state index contributed by atoms with van der Waals surface area (Å²) < 4.78 is 0. The maximum atomic E-state index is 3.85. The molecule has 3 heteroatoms. The van der Waals surface area contributed by atoms with Gasteiger partial charge in [0.1, 0.15) is 0 Å². The second-order valence-corrected chi connectivity index (χ2v) is 6.34. The van der Waals surface area contributed by atoms with Gasteiger partial charge in [0.25, 0.3) is 0 Å². The molecule has 0 unspecified atom stereocenters. The van der Waals surface area contributed by atoms with Crippen molar-refractivity contribution >= 4 is 11.3 Å². The largest absolute Gasteiger partial charge is 0.312 e. The first kappa shape index (κ1) is 16.4. The topological polar surface area (TPSA) is 15.3 Å². The Kier molecular flexibility index (Phi) is 8.03. The second-order valence-electron chi connectivity index (χ2n) is 4.99. The fraction of sp³-hybridized carbons (Fsp3) is 0.625. The van der Waals surface area contributed by atoms with Gasteiger partial charge >= 0.3 is 0 Å². The Bertz CT molecular complexity index is 371. The molecule has 0 saturated carbocycles. The summed E-state index contributed by atoms with van der Waals surface area (Å²) in [5, 5.41) is 3.48. The number of thiophene rings is 1. The highest BCUT2D eigenvalue weighted by Crippen LogP contribution is 2.23. The van der Waals surface area contributed by atoms with E-state index in [1.807, 2.05) is 17.4 Å². The first-order valence-electron chi connectivity index (χ1n) is 7.33. The van der Waals surface area contributed by atoms with Crippen LogP contribution in [-0.2, 0) is 13.1 Å². The van der Waals surface area contributed by atoms with E-state index in [0.717, 1.165) is 32.7 Å². The molecular formula is C16H28N2S. The van der Waals surface area contributed by atoms with Crippen molar-refractivity contribution in [3.8, 4) is 0 Å². The van der Waals surface area contributed by atoms with Crippen LogP contribution in [-0.4, -0.2) is 24.5 Å². The molecule has 0 fully saturated rings. The maximum absolute atomic E-state index is 3.85. The van der Waals surface area contributed by atoms with Crippen LogP contribution < -0.4 is 5.32 Å². The Morgan fingerprint density at radius 1 is 1.37 bits per heavy atom. The third-order valence-electron chi connectivity index (χ3n) is 3.12. The summed E-state index contributed by atoms with van der Waals surface area (Å²) in [5.41, 5.74) is 1.48. The summed E-state index contributed by atoms with van der Waals surface area (Å²) >= 11 is 1.93. The van der Waals surface area contributed by atoms with Crippen LogP contribution in [0.3, 0.4) is 0 Å². The minimum absolute atomic E-state index is 0.979. The molecule has 0 spiro atoms. The summed E-state index contributed by atoms with van der Waals surface area (Å²) in [6.45, 7) is 15.8. The molecule has 0 aliphatic carbocycles. The van der Waals surface area contributed by atoms with Gasteiger partial charge < -0.3 is 5.32 Å². The zero-order valence-electron chi connectivity index (χ0n) is 12.7. The van der Waals surface area contributed by atoms with Gasteiger partial charge in [-0.1, -0.05) is 19.9 Å². The Morgan fingerprint density at radius 3 is 2.79 bits per heavy atom. The molecule has 1 heterocycles. The van der Waals surface area contributed by atoms with Gasteiger partial charge in [0.05, 0.1) is 0 Å². The van der Waals surface area contributed by atoms with E-state index in [9.17, 15) is 0 Å². The molecule has 0 aliphatic rings. The highest BCUT2D eigenvalue weighted by atomic mass is 32.1.